The van der Waals surface area contributed by atoms with Gasteiger partial charge in [-0.15, -0.1) is 0 Å². The van der Waals surface area contributed by atoms with E-state index >= 15 is 0 Å². The summed E-state index contributed by atoms with van der Waals surface area (Å²) in [7, 11) is 0. The summed E-state index contributed by atoms with van der Waals surface area (Å²) in [5.41, 5.74) is 2.11. The first-order valence-electron chi connectivity index (χ1n) is 9.48. The van der Waals surface area contributed by atoms with Gasteiger partial charge in [0.2, 0.25) is 5.91 Å². The van der Waals surface area contributed by atoms with Gasteiger partial charge < -0.3 is 15.0 Å². The molecule has 4 rings (SSSR count). The van der Waals surface area contributed by atoms with E-state index in [-0.39, 0.29) is 23.7 Å². The molecule has 0 bridgehead atoms. The van der Waals surface area contributed by atoms with Crippen LogP contribution in [0.1, 0.15) is 31.7 Å². The van der Waals surface area contributed by atoms with Crippen LogP contribution in [0, 0.1) is 0 Å². The summed E-state index contributed by atoms with van der Waals surface area (Å²) in [6.45, 7) is 2.75. The predicted octanol–water partition coefficient (Wildman–Crippen LogP) is 3.04. The van der Waals surface area contributed by atoms with E-state index in [1.54, 1.807) is 11.8 Å². The highest BCUT2D eigenvalue weighted by Crippen LogP contribution is 2.47. The Bertz CT molecular complexity index is 846. The lowest BCUT2D eigenvalue weighted by atomic mass is 9.96. The molecule has 0 spiro atoms. The molecule has 0 aromatic heterocycles. The summed E-state index contributed by atoms with van der Waals surface area (Å²) in [5, 5.41) is 3.07. The van der Waals surface area contributed by atoms with Gasteiger partial charge in [0.25, 0.3) is 5.91 Å². The Labute approximate surface area is 159 Å². The molecule has 0 radical (unpaired) electrons. The number of hydrogen-bond acceptors (Lipinski definition) is 3. The number of fused-ring (bicyclic) bond motifs is 1. The van der Waals surface area contributed by atoms with Gasteiger partial charge in [-0.3, -0.25) is 9.59 Å². The highest BCUT2D eigenvalue weighted by atomic mass is 16.5. The van der Waals surface area contributed by atoms with E-state index in [0.29, 0.717) is 18.8 Å². The molecule has 1 saturated carbocycles. The van der Waals surface area contributed by atoms with Gasteiger partial charge in [0, 0.05) is 24.9 Å². The van der Waals surface area contributed by atoms with Crippen LogP contribution >= 0.6 is 0 Å². The van der Waals surface area contributed by atoms with Crippen molar-refractivity contribution in [3.8, 4) is 5.75 Å². The fraction of sp³-hybridized carbons (Fsp3) is 0.364. The fourth-order valence-electron chi connectivity index (χ4n) is 3.67. The quantitative estimate of drug-likeness (QED) is 0.857. The fourth-order valence-corrected chi connectivity index (χ4v) is 3.67. The standard InChI is InChI=1S/C22H24N2O3/c1-16-21(26)24(18-9-5-6-10-19(18)27-16)14-11-20(25)23-15-22(12-13-22)17-7-3-2-4-8-17/h2-10,16H,11-15H2,1H3,(H,23,25). The van der Waals surface area contributed by atoms with E-state index in [9.17, 15) is 9.59 Å². The van der Waals surface area contributed by atoms with Crippen LogP contribution in [0.25, 0.3) is 0 Å². The lowest BCUT2D eigenvalue weighted by molar-refractivity contribution is -0.125. The number of rotatable bonds is 6. The van der Waals surface area contributed by atoms with Gasteiger partial charge in [-0.2, -0.15) is 0 Å². The van der Waals surface area contributed by atoms with Gasteiger partial charge in [0.1, 0.15) is 5.75 Å². The molecule has 1 aliphatic heterocycles. The smallest absolute Gasteiger partial charge is 0.267 e. The predicted molar refractivity (Wildman–Crippen MR) is 104 cm³/mol. The molecule has 5 heteroatoms. The Kier molecular flexibility index (Phi) is 4.60. The molecule has 1 fully saturated rings. The van der Waals surface area contributed by atoms with Crippen LogP contribution < -0.4 is 15.0 Å². The number of hydrogen-bond donors (Lipinski definition) is 1. The summed E-state index contributed by atoms with van der Waals surface area (Å²) < 4.78 is 5.64. The van der Waals surface area contributed by atoms with E-state index in [4.69, 9.17) is 4.74 Å². The maximum absolute atomic E-state index is 12.5. The van der Waals surface area contributed by atoms with Gasteiger partial charge in [0.15, 0.2) is 6.10 Å². The summed E-state index contributed by atoms with van der Waals surface area (Å²) in [6.07, 6.45) is 1.95. The zero-order chi connectivity index (χ0) is 18.9. The Morgan fingerprint density at radius 2 is 1.85 bits per heavy atom. The third kappa shape index (κ3) is 3.54. The van der Waals surface area contributed by atoms with Gasteiger partial charge in [-0.25, -0.2) is 0 Å². The number of amides is 2. The van der Waals surface area contributed by atoms with Crippen LogP contribution in [0.4, 0.5) is 5.69 Å². The minimum absolute atomic E-state index is 0.0263. The molecule has 0 saturated heterocycles. The number of nitrogens with zero attached hydrogens (tertiary/aromatic N) is 1. The van der Waals surface area contributed by atoms with Gasteiger partial charge in [-0.05, 0) is 37.5 Å². The van der Waals surface area contributed by atoms with Gasteiger partial charge >= 0.3 is 0 Å². The second-order valence-electron chi connectivity index (χ2n) is 7.39. The first kappa shape index (κ1) is 17.6. The molecule has 1 N–H and O–H groups in total. The van der Waals surface area contributed by atoms with E-state index < -0.39 is 6.10 Å². The van der Waals surface area contributed by atoms with Crippen molar-refractivity contribution in [2.45, 2.75) is 37.7 Å². The molecule has 2 amide bonds. The highest BCUT2D eigenvalue weighted by molar-refractivity contribution is 6.00. The molecular formula is C22H24N2O3. The van der Waals surface area contributed by atoms with Gasteiger partial charge in [-0.1, -0.05) is 42.5 Å². The zero-order valence-electron chi connectivity index (χ0n) is 15.5. The van der Waals surface area contributed by atoms with Crippen LogP contribution in [-0.4, -0.2) is 31.0 Å². The van der Waals surface area contributed by atoms with Crippen molar-refractivity contribution >= 4 is 17.5 Å². The summed E-state index contributed by atoms with van der Waals surface area (Å²) in [5.74, 6) is 0.553. The Balaban J connectivity index is 1.35. The van der Waals surface area contributed by atoms with Crippen molar-refractivity contribution in [3.05, 3.63) is 60.2 Å². The number of anilines is 1. The highest BCUT2D eigenvalue weighted by Gasteiger charge is 2.44. The number of nitrogens with one attached hydrogen (secondary N) is 1. The lowest BCUT2D eigenvalue weighted by Gasteiger charge is -2.32. The molecule has 5 nitrogen and oxygen atoms in total. The number of carbonyl (C=O) groups excluding carboxylic acids is 2. The van der Waals surface area contributed by atoms with Crippen LogP contribution in [0.5, 0.6) is 5.75 Å². The van der Waals surface area contributed by atoms with Crippen molar-refractivity contribution in [1.82, 2.24) is 5.32 Å². The van der Waals surface area contributed by atoms with Crippen LogP contribution in [-0.2, 0) is 15.0 Å². The average molecular weight is 364 g/mol. The number of para-hydroxylation sites is 2. The van der Waals surface area contributed by atoms with Crippen LogP contribution in [0.2, 0.25) is 0 Å². The molecule has 27 heavy (non-hydrogen) atoms. The summed E-state index contributed by atoms with van der Waals surface area (Å²) in [6, 6.07) is 17.8. The van der Waals surface area contributed by atoms with Crippen molar-refractivity contribution in [2.24, 2.45) is 0 Å². The monoisotopic (exact) mass is 364 g/mol. The lowest BCUT2D eigenvalue weighted by Crippen LogP contribution is -2.46. The van der Waals surface area contributed by atoms with Crippen molar-refractivity contribution < 1.29 is 14.3 Å². The summed E-state index contributed by atoms with van der Waals surface area (Å²) in [4.78, 5) is 26.6. The first-order valence-corrected chi connectivity index (χ1v) is 9.48. The SMILES string of the molecule is CC1Oc2ccccc2N(CCC(=O)NCC2(c3ccccc3)CC2)C1=O. The third-order valence-corrected chi connectivity index (χ3v) is 5.50. The second-order valence-corrected chi connectivity index (χ2v) is 7.39. The largest absolute Gasteiger partial charge is 0.479 e. The van der Waals surface area contributed by atoms with E-state index in [1.165, 1.54) is 5.56 Å². The molecule has 2 aliphatic rings. The normalized spacial score (nSPS) is 19.8. The van der Waals surface area contributed by atoms with E-state index in [2.05, 4.69) is 17.4 Å². The zero-order valence-corrected chi connectivity index (χ0v) is 15.5. The van der Waals surface area contributed by atoms with E-state index in [1.807, 2.05) is 42.5 Å². The molecule has 1 aliphatic carbocycles. The number of ether oxygens (including phenoxy) is 1. The molecule has 140 valence electrons. The maximum atomic E-state index is 12.5. The molecular weight excluding hydrogens is 340 g/mol. The molecule has 1 atom stereocenters. The molecule has 2 aromatic carbocycles. The Morgan fingerprint density at radius 1 is 1.15 bits per heavy atom. The van der Waals surface area contributed by atoms with Gasteiger partial charge in [0.05, 0.1) is 5.69 Å². The van der Waals surface area contributed by atoms with Crippen molar-refractivity contribution in [1.29, 1.82) is 0 Å². The second kappa shape index (κ2) is 7.06. The Morgan fingerprint density at radius 3 is 2.59 bits per heavy atom. The molecule has 1 heterocycles. The first-order chi connectivity index (χ1) is 13.1. The van der Waals surface area contributed by atoms with Crippen LogP contribution in [0.15, 0.2) is 54.6 Å². The minimum atomic E-state index is -0.532. The average Bonchev–Trinajstić information content (AvgIpc) is 3.49. The Hall–Kier alpha value is -2.82. The minimum Gasteiger partial charge on any atom is -0.479 e. The number of benzene rings is 2. The van der Waals surface area contributed by atoms with Crippen molar-refractivity contribution in [3.63, 3.8) is 0 Å². The van der Waals surface area contributed by atoms with E-state index in [0.717, 1.165) is 18.5 Å². The maximum Gasteiger partial charge on any atom is 0.267 e. The van der Waals surface area contributed by atoms with Crippen LogP contribution in [0.3, 0.4) is 0 Å². The number of carbonyl (C=O) groups is 2. The molecule has 2 aromatic rings. The van der Waals surface area contributed by atoms with Crippen molar-refractivity contribution in [2.75, 3.05) is 18.0 Å². The third-order valence-electron chi connectivity index (χ3n) is 5.50. The summed E-state index contributed by atoms with van der Waals surface area (Å²) >= 11 is 0. The molecule has 1 unspecified atom stereocenters. The topological polar surface area (TPSA) is 58.6 Å².